The Hall–Kier alpha value is -1.26. The topological polar surface area (TPSA) is 49.4 Å². The van der Waals surface area contributed by atoms with Crippen molar-refractivity contribution >= 4 is 35.0 Å². The molecule has 0 aromatic heterocycles. The molecule has 6 heteroatoms. The van der Waals surface area contributed by atoms with Crippen LogP contribution in [-0.2, 0) is 16.1 Å². The van der Waals surface area contributed by atoms with Crippen LogP contribution in [0.25, 0.3) is 0 Å². The molecule has 1 N–H and O–H groups in total. The van der Waals surface area contributed by atoms with E-state index in [-0.39, 0.29) is 24.3 Å². The van der Waals surface area contributed by atoms with Crippen LogP contribution in [0.15, 0.2) is 18.2 Å². The molecule has 0 spiro atoms. The number of hydrogen-bond acceptors (Lipinski definition) is 2. The number of benzene rings is 1. The van der Waals surface area contributed by atoms with Crippen LogP contribution in [-0.4, -0.2) is 28.8 Å². The fraction of sp³-hybridized carbons (Fsp3) is 0.467. The zero-order chi connectivity index (χ0) is 15.2. The summed E-state index contributed by atoms with van der Waals surface area (Å²) < 4.78 is 0. The molecule has 1 saturated heterocycles. The van der Waals surface area contributed by atoms with Gasteiger partial charge in [0.2, 0.25) is 11.8 Å². The molecule has 0 bridgehead atoms. The Bertz CT molecular complexity index is 616. The van der Waals surface area contributed by atoms with Crippen LogP contribution in [0.4, 0.5) is 0 Å². The first-order valence-corrected chi connectivity index (χ1v) is 7.71. The van der Waals surface area contributed by atoms with Gasteiger partial charge in [-0.1, -0.05) is 23.2 Å². The monoisotopic (exact) mass is 326 g/mol. The lowest BCUT2D eigenvalue weighted by atomic mass is 9.89. The summed E-state index contributed by atoms with van der Waals surface area (Å²) in [4.78, 5) is 26.3. The average Bonchev–Trinajstić information content (AvgIpc) is 3.28. The molecule has 1 aliphatic carbocycles. The predicted octanol–water partition coefficient (Wildman–Crippen LogP) is 2.62. The van der Waals surface area contributed by atoms with Gasteiger partial charge in [0.15, 0.2) is 0 Å². The highest BCUT2D eigenvalue weighted by Gasteiger charge is 2.54. The van der Waals surface area contributed by atoms with E-state index in [2.05, 4.69) is 5.32 Å². The maximum atomic E-state index is 12.3. The maximum Gasteiger partial charge on any atom is 0.246 e. The van der Waals surface area contributed by atoms with E-state index in [1.807, 2.05) is 6.92 Å². The van der Waals surface area contributed by atoms with Crippen molar-refractivity contribution in [3.8, 4) is 0 Å². The molecule has 0 radical (unpaired) electrons. The first kappa shape index (κ1) is 14.7. The first-order chi connectivity index (χ1) is 9.92. The van der Waals surface area contributed by atoms with Gasteiger partial charge in [0.1, 0.15) is 5.54 Å². The fourth-order valence-electron chi connectivity index (χ4n) is 2.95. The van der Waals surface area contributed by atoms with Gasteiger partial charge in [-0.25, -0.2) is 0 Å². The molecule has 1 aliphatic heterocycles. The molecule has 3 rings (SSSR count). The third-order valence-corrected chi connectivity index (χ3v) is 5.03. The molecule has 1 atom stereocenters. The number of halogens is 2. The maximum absolute atomic E-state index is 12.3. The van der Waals surface area contributed by atoms with E-state index >= 15 is 0 Å². The van der Waals surface area contributed by atoms with Crippen molar-refractivity contribution in [2.45, 2.75) is 31.8 Å². The van der Waals surface area contributed by atoms with E-state index in [1.54, 1.807) is 23.1 Å². The third kappa shape index (κ3) is 2.51. The van der Waals surface area contributed by atoms with Crippen LogP contribution in [0, 0.1) is 5.92 Å². The highest BCUT2D eigenvalue weighted by atomic mass is 35.5. The minimum Gasteiger partial charge on any atom is -0.345 e. The van der Waals surface area contributed by atoms with E-state index in [1.165, 1.54) is 0 Å². The van der Waals surface area contributed by atoms with Crippen LogP contribution >= 0.6 is 23.2 Å². The quantitative estimate of drug-likeness (QED) is 0.928. The zero-order valence-corrected chi connectivity index (χ0v) is 13.2. The summed E-state index contributed by atoms with van der Waals surface area (Å²) in [5.74, 6) is 0.0579. The normalized spacial score (nSPS) is 26.0. The lowest BCUT2D eigenvalue weighted by Gasteiger charge is -2.44. The number of carbonyl (C=O) groups is 2. The molecule has 2 amide bonds. The van der Waals surface area contributed by atoms with Gasteiger partial charge in [0, 0.05) is 16.6 Å². The molecule has 1 unspecified atom stereocenters. The number of carbonyl (C=O) groups excluding carboxylic acids is 2. The molecular formula is C15H16Cl2N2O2. The van der Waals surface area contributed by atoms with Gasteiger partial charge in [-0.2, -0.15) is 0 Å². The number of nitrogens with zero attached hydrogens (tertiary/aromatic N) is 1. The van der Waals surface area contributed by atoms with Crippen molar-refractivity contribution in [1.82, 2.24) is 10.2 Å². The van der Waals surface area contributed by atoms with Crippen molar-refractivity contribution < 1.29 is 9.59 Å². The predicted molar refractivity (Wildman–Crippen MR) is 81.2 cm³/mol. The molecular weight excluding hydrogens is 311 g/mol. The van der Waals surface area contributed by atoms with Gasteiger partial charge in [0.05, 0.1) is 6.54 Å². The standard InChI is InChI=1S/C15H16Cl2N2O2/c1-15(10-2-3-10)14(21)18-7-13(20)19(15)8-9-6-11(16)4-5-12(9)17/h4-6,10H,2-3,7-8H2,1H3,(H,18,21). The van der Waals surface area contributed by atoms with Crippen molar-refractivity contribution in [1.29, 1.82) is 0 Å². The Labute approximate surface area is 133 Å². The lowest BCUT2D eigenvalue weighted by Crippen LogP contribution is -2.66. The van der Waals surface area contributed by atoms with E-state index in [9.17, 15) is 9.59 Å². The summed E-state index contributed by atoms with van der Waals surface area (Å²) in [5.41, 5.74) is -0.0276. The first-order valence-electron chi connectivity index (χ1n) is 6.95. The molecule has 1 aromatic carbocycles. The average molecular weight is 327 g/mol. The fourth-order valence-corrected chi connectivity index (χ4v) is 3.32. The van der Waals surface area contributed by atoms with E-state index < -0.39 is 5.54 Å². The van der Waals surface area contributed by atoms with E-state index in [4.69, 9.17) is 23.2 Å². The molecule has 21 heavy (non-hydrogen) atoms. The van der Waals surface area contributed by atoms with Crippen molar-refractivity contribution in [2.24, 2.45) is 5.92 Å². The van der Waals surface area contributed by atoms with Crippen molar-refractivity contribution in [3.63, 3.8) is 0 Å². The smallest absolute Gasteiger partial charge is 0.246 e. The van der Waals surface area contributed by atoms with Gasteiger partial charge in [-0.15, -0.1) is 0 Å². The second kappa shape index (κ2) is 5.18. The van der Waals surface area contributed by atoms with Crippen molar-refractivity contribution in [2.75, 3.05) is 6.54 Å². The van der Waals surface area contributed by atoms with Crippen molar-refractivity contribution in [3.05, 3.63) is 33.8 Å². The Morgan fingerprint density at radius 2 is 2.05 bits per heavy atom. The second-order valence-electron chi connectivity index (χ2n) is 5.82. The SMILES string of the molecule is CC1(C2CC2)C(=O)NCC(=O)N1Cc1cc(Cl)ccc1Cl. The molecule has 1 heterocycles. The Morgan fingerprint density at radius 1 is 1.33 bits per heavy atom. The summed E-state index contributed by atoms with van der Waals surface area (Å²) in [7, 11) is 0. The minimum atomic E-state index is -0.791. The molecule has 2 fully saturated rings. The largest absolute Gasteiger partial charge is 0.345 e. The van der Waals surface area contributed by atoms with Crippen LogP contribution < -0.4 is 5.32 Å². The minimum absolute atomic E-state index is 0.0410. The molecule has 1 aromatic rings. The van der Waals surface area contributed by atoms with Crippen LogP contribution in [0.3, 0.4) is 0 Å². The molecule has 2 aliphatic rings. The Kier molecular flexibility index (Phi) is 3.62. The van der Waals surface area contributed by atoms with Gasteiger partial charge >= 0.3 is 0 Å². The molecule has 112 valence electrons. The Balaban J connectivity index is 1.95. The van der Waals surface area contributed by atoms with Gasteiger partial charge in [-0.05, 0) is 49.4 Å². The lowest BCUT2D eigenvalue weighted by molar-refractivity contribution is -0.155. The number of amides is 2. The Morgan fingerprint density at radius 3 is 2.71 bits per heavy atom. The van der Waals surface area contributed by atoms with E-state index in [0.29, 0.717) is 16.6 Å². The number of nitrogens with one attached hydrogen (secondary N) is 1. The number of rotatable bonds is 3. The number of piperazine rings is 1. The van der Waals surface area contributed by atoms with Crippen LogP contribution in [0.5, 0.6) is 0 Å². The second-order valence-corrected chi connectivity index (χ2v) is 6.66. The van der Waals surface area contributed by atoms with Crippen LogP contribution in [0.2, 0.25) is 10.0 Å². The summed E-state index contributed by atoms with van der Waals surface area (Å²) in [5, 5.41) is 3.81. The zero-order valence-electron chi connectivity index (χ0n) is 11.7. The summed E-state index contributed by atoms with van der Waals surface area (Å²) in [6.45, 7) is 2.19. The highest BCUT2D eigenvalue weighted by Crippen LogP contribution is 2.45. The van der Waals surface area contributed by atoms with E-state index in [0.717, 1.165) is 18.4 Å². The van der Waals surface area contributed by atoms with Gasteiger partial charge in [0.25, 0.3) is 0 Å². The highest BCUT2D eigenvalue weighted by molar-refractivity contribution is 6.33. The van der Waals surface area contributed by atoms with Crippen LogP contribution in [0.1, 0.15) is 25.3 Å². The third-order valence-electron chi connectivity index (χ3n) is 4.43. The van der Waals surface area contributed by atoms with Gasteiger partial charge < -0.3 is 10.2 Å². The molecule has 4 nitrogen and oxygen atoms in total. The summed E-state index contributed by atoms with van der Waals surface area (Å²) in [6.07, 6.45) is 1.94. The molecule has 1 saturated carbocycles. The number of hydrogen-bond donors (Lipinski definition) is 1. The summed E-state index contributed by atoms with van der Waals surface area (Å²) >= 11 is 12.2. The van der Waals surface area contributed by atoms with Gasteiger partial charge in [-0.3, -0.25) is 9.59 Å². The summed E-state index contributed by atoms with van der Waals surface area (Å²) in [6, 6.07) is 5.16.